The zero-order chi connectivity index (χ0) is 20.5. The van der Waals surface area contributed by atoms with Gasteiger partial charge in [-0.05, 0) is 55.5 Å². The quantitative estimate of drug-likeness (QED) is 0.715. The highest BCUT2D eigenvalue weighted by atomic mass is 16.5. The van der Waals surface area contributed by atoms with Crippen LogP contribution in [-0.4, -0.2) is 62.7 Å². The van der Waals surface area contributed by atoms with Crippen molar-refractivity contribution in [3.8, 4) is 5.75 Å². The maximum Gasteiger partial charge on any atom is 0.255 e. The smallest absolute Gasteiger partial charge is 0.255 e. The van der Waals surface area contributed by atoms with Gasteiger partial charge in [-0.2, -0.15) is 0 Å². The van der Waals surface area contributed by atoms with Crippen molar-refractivity contribution in [2.24, 2.45) is 0 Å². The summed E-state index contributed by atoms with van der Waals surface area (Å²) in [6.07, 6.45) is 0. The minimum Gasteiger partial charge on any atom is -0.494 e. The molecule has 0 spiro atoms. The van der Waals surface area contributed by atoms with E-state index >= 15 is 0 Å². The molecular formula is C22H27N3O4. The number of amides is 2. The number of hydrogen-bond acceptors (Lipinski definition) is 5. The fourth-order valence-electron chi connectivity index (χ4n) is 3.03. The molecule has 0 unspecified atom stereocenters. The molecular weight excluding hydrogens is 370 g/mol. The molecule has 1 heterocycles. The molecule has 29 heavy (non-hydrogen) atoms. The van der Waals surface area contributed by atoms with Crippen molar-refractivity contribution in [2.45, 2.75) is 6.92 Å². The lowest BCUT2D eigenvalue weighted by atomic mass is 10.1. The van der Waals surface area contributed by atoms with E-state index in [1.807, 2.05) is 19.1 Å². The normalized spacial score (nSPS) is 14.2. The Morgan fingerprint density at radius 3 is 2.21 bits per heavy atom. The number of ether oxygens (including phenoxy) is 2. The molecule has 0 atom stereocenters. The van der Waals surface area contributed by atoms with Crippen LogP contribution < -0.4 is 15.4 Å². The van der Waals surface area contributed by atoms with Crippen molar-refractivity contribution in [2.75, 3.05) is 51.3 Å². The van der Waals surface area contributed by atoms with Crippen LogP contribution in [0, 0.1) is 0 Å². The number of anilines is 1. The number of benzene rings is 2. The molecule has 7 heteroatoms. The van der Waals surface area contributed by atoms with E-state index in [4.69, 9.17) is 9.47 Å². The number of morpholine rings is 1. The molecule has 3 rings (SSSR count). The highest BCUT2D eigenvalue weighted by Gasteiger charge is 2.12. The zero-order valence-electron chi connectivity index (χ0n) is 16.6. The van der Waals surface area contributed by atoms with Gasteiger partial charge in [-0.3, -0.25) is 14.5 Å². The molecule has 154 valence electrons. The monoisotopic (exact) mass is 397 g/mol. The maximum absolute atomic E-state index is 12.4. The summed E-state index contributed by atoms with van der Waals surface area (Å²) in [4.78, 5) is 26.9. The minimum atomic E-state index is -0.228. The molecule has 2 N–H and O–H groups in total. The van der Waals surface area contributed by atoms with Gasteiger partial charge in [0.2, 0.25) is 0 Å². The van der Waals surface area contributed by atoms with Crippen LogP contribution in [0.2, 0.25) is 0 Å². The summed E-state index contributed by atoms with van der Waals surface area (Å²) >= 11 is 0. The van der Waals surface area contributed by atoms with Crippen LogP contribution in [0.4, 0.5) is 5.69 Å². The van der Waals surface area contributed by atoms with Crippen LogP contribution in [0.3, 0.4) is 0 Å². The second-order valence-corrected chi connectivity index (χ2v) is 6.70. The Hall–Kier alpha value is -2.90. The fourth-order valence-corrected chi connectivity index (χ4v) is 3.03. The maximum atomic E-state index is 12.4. The summed E-state index contributed by atoms with van der Waals surface area (Å²) in [5.74, 6) is 0.389. The second kappa shape index (κ2) is 10.6. The molecule has 0 aromatic heterocycles. The first-order valence-electron chi connectivity index (χ1n) is 9.88. The average Bonchev–Trinajstić information content (AvgIpc) is 2.76. The summed E-state index contributed by atoms with van der Waals surface area (Å²) in [5.41, 5.74) is 1.71. The third-order valence-electron chi connectivity index (χ3n) is 4.65. The fraction of sp³-hybridized carbons (Fsp3) is 0.364. The van der Waals surface area contributed by atoms with Crippen molar-refractivity contribution < 1.29 is 19.1 Å². The van der Waals surface area contributed by atoms with Gasteiger partial charge in [0.1, 0.15) is 5.75 Å². The Kier molecular flexibility index (Phi) is 7.61. The Bertz CT molecular complexity index is 800. The molecule has 2 aromatic rings. The standard InChI is InChI=1S/C22H27N3O4/c1-2-29-20-9-7-19(8-10-20)24-22(27)18-5-3-17(4-6-18)21(26)23-11-12-25-13-15-28-16-14-25/h3-10H,2,11-16H2,1H3,(H,23,26)(H,24,27). The van der Waals surface area contributed by atoms with Crippen molar-refractivity contribution in [1.29, 1.82) is 0 Å². The lowest BCUT2D eigenvalue weighted by molar-refractivity contribution is 0.0383. The van der Waals surface area contributed by atoms with Gasteiger partial charge >= 0.3 is 0 Å². The molecule has 1 saturated heterocycles. The van der Waals surface area contributed by atoms with E-state index in [0.29, 0.717) is 30.0 Å². The molecule has 1 aliphatic heterocycles. The molecule has 2 aromatic carbocycles. The Balaban J connectivity index is 1.47. The Morgan fingerprint density at radius 1 is 0.966 bits per heavy atom. The van der Waals surface area contributed by atoms with Crippen molar-refractivity contribution in [3.05, 3.63) is 59.7 Å². The van der Waals surface area contributed by atoms with Crippen molar-refractivity contribution >= 4 is 17.5 Å². The van der Waals surface area contributed by atoms with Crippen LogP contribution in [0.5, 0.6) is 5.75 Å². The van der Waals surface area contributed by atoms with Crippen molar-refractivity contribution in [1.82, 2.24) is 10.2 Å². The predicted molar refractivity (Wildman–Crippen MR) is 112 cm³/mol. The van der Waals surface area contributed by atoms with Crippen LogP contribution in [0.25, 0.3) is 0 Å². The van der Waals surface area contributed by atoms with E-state index in [0.717, 1.165) is 38.6 Å². The van der Waals surface area contributed by atoms with Gasteiger partial charge in [0.25, 0.3) is 11.8 Å². The van der Waals surface area contributed by atoms with E-state index in [-0.39, 0.29) is 11.8 Å². The van der Waals surface area contributed by atoms with E-state index in [1.165, 1.54) is 0 Å². The first-order chi connectivity index (χ1) is 14.2. The number of carbonyl (C=O) groups is 2. The Morgan fingerprint density at radius 2 is 1.59 bits per heavy atom. The van der Waals surface area contributed by atoms with Crippen LogP contribution in [0.15, 0.2) is 48.5 Å². The third kappa shape index (κ3) is 6.30. The van der Waals surface area contributed by atoms with Gasteiger partial charge < -0.3 is 20.1 Å². The average molecular weight is 397 g/mol. The zero-order valence-corrected chi connectivity index (χ0v) is 16.6. The highest BCUT2D eigenvalue weighted by Crippen LogP contribution is 2.16. The van der Waals surface area contributed by atoms with E-state index in [2.05, 4.69) is 15.5 Å². The lowest BCUT2D eigenvalue weighted by Gasteiger charge is -2.26. The largest absolute Gasteiger partial charge is 0.494 e. The van der Waals surface area contributed by atoms with Gasteiger partial charge in [0.15, 0.2) is 0 Å². The molecule has 0 saturated carbocycles. The molecule has 7 nitrogen and oxygen atoms in total. The highest BCUT2D eigenvalue weighted by molar-refractivity contribution is 6.05. The van der Waals surface area contributed by atoms with Crippen LogP contribution in [-0.2, 0) is 4.74 Å². The predicted octanol–water partition coefficient (Wildman–Crippen LogP) is 2.40. The van der Waals surface area contributed by atoms with Crippen molar-refractivity contribution in [3.63, 3.8) is 0 Å². The van der Waals surface area contributed by atoms with Gasteiger partial charge in [-0.25, -0.2) is 0 Å². The number of carbonyl (C=O) groups excluding carboxylic acids is 2. The molecule has 0 aliphatic carbocycles. The van der Waals surface area contributed by atoms with E-state index < -0.39 is 0 Å². The van der Waals surface area contributed by atoms with Gasteiger partial charge in [0, 0.05) is 43.0 Å². The lowest BCUT2D eigenvalue weighted by Crippen LogP contribution is -2.41. The Labute approximate surface area is 171 Å². The van der Waals surface area contributed by atoms with Crippen LogP contribution in [0.1, 0.15) is 27.6 Å². The van der Waals surface area contributed by atoms with Gasteiger partial charge in [-0.15, -0.1) is 0 Å². The summed E-state index contributed by atoms with van der Waals surface area (Å²) in [6.45, 7) is 7.18. The number of rotatable bonds is 8. The molecule has 0 radical (unpaired) electrons. The first kappa shape index (κ1) is 20.8. The summed E-state index contributed by atoms with van der Waals surface area (Å²) < 4.78 is 10.7. The third-order valence-corrected chi connectivity index (χ3v) is 4.65. The van der Waals surface area contributed by atoms with E-state index in [9.17, 15) is 9.59 Å². The van der Waals surface area contributed by atoms with Crippen LogP contribution >= 0.6 is 0 Å². The van der Waals surface area contributed by atoms with E-state index in [1.54, 1.807) is 36.4 Å². The SMILES string of the molecule is CCOc1ccc(NC(=O)c2ccc(C(=O)NCCN3CCOCC3)cc2)cc1. The summed E-state index contributed by atoms with van der Waals surface area (Å²) in [6, 6.07) is 13.8. The molecule has 2 amide bonds. The number of nitrogens with one attached hydrogen (secondary N) is 2. The number of hydrogen-bond donors (Lipinski definition) is 2. The topological polar surface area (TPSA) is 79.9 Å². The van der Waals surface area contributed by atoms with Gasteiger partial charge in [-0.1, -0.05) is 0 Å². The number of nitrogens with zero attached hydrogens (tertiary/aromatic N) is 1. The van der Waals surface area contributed by atoms with Gasteiger partial charge in [0.05, 0.1) is 19.8 Å². The molecule has 1 aliphatic rings. The summed E-state index contributed by atoms with van der Waals surface area (Å²) in [5, 5.41) is 5.75. The molecule has 0 bridgehead atoms. The second-order valence-electron chi connectivity index (χ2n) is 6.70. The minimum absolute atomic E-state index is 0.142. The summed E-state index contributed by atoms with van der Waals surface area (Å²) in [7, 11) is 0. The molecule has 1 fully saturated rings. The first-order valence-corrected chi connectivity index (χ1v) is 9.88.